The third-order valence-electron chi connectivity index (χ3n) is 4.19. The van der Waals surface area contributed by atoms with Gasteiger partial charge in [-0.3, -0.25) is 9.59 Å². The molecule has 0 aliphatic carbocycles. The lowest BCUT2D eigenvalue weighted by Gasteiger charge is -2.30. The van der Waals surface area contributed by atoms with Crippen molar-refractivity contribution < 1.29 is 14.3 Å². The van der Waals surface area contributed by atoms with E-state index < -0.39 is 0 Å². The van der Waals surface area contributed by atoms with Crippen LogP contribution in [0.1, 0.15) is 30.9 Å². The molecule has 0 aromatic heterocycles. The van der Waals surface area contributed by atoms with E-state index in [1.807, 2.05) is 26.0 Å². The number of nitrogens with zero attached hydrogens (tertiary/aromatic N) is 1. The van der Waals surface area contributed by atoms with Crippen LogP contribution >= 0.6 is 11.6 Å². The van der Waals surface area contributed by atoms with E-state index in [0.717, 1.165) is 29.0 Å². The lowest BCUT2D eigenvalue weighted by Crippen LogP contribution is -2.42. The largest absolute Gasteiger partial charge is 0.484 e. The molecular formula is C17H22ClNO3. The molecule has 0 spiro atoms. The van der Waals surface area contributed by atoms with Gasteiger partial charge in [0.1, 0.15) is 11.5 Å². The minimum absolute atomic E-state index is 0.0191. The first-order valence-electron chi connectivity index (χ1n) is 7.56. The second-order valence-electron chi connectivity index (χ2n) is 5.93. The third kappa shape index (κ3) is 4.01. The normalized spacial score (nSPS) is 15.7. The van der Waals surface area contributed by atoms with Crippen LogP contribution in [0.4, 0.5) is 0 Å². The van der Waals surface area contributed by atoms with Crippen molar-refractivity contribution in [2.75, 3.05) is 19.7 Å². The van der Waals surface area contributed by atoms with Gasteiger partial charge < -0.3 is 9.64 Å². The zero-order valence-electron chi connectivity index (χ0n) is 13.3. The van der Waals surface area contributed by atoms with Gasteiger partial charge in [-0.05, 0) is 56.9 Å². The smallest absolute Gasteiger partial charge is 0.260 e. The highest BCUT2D eigenvalue weighted by atomic mass is 35.5. The van der Waals surface area contributed by atoms with E-state index in [2.05, 4.69) is 0 Å². The highest BCUT2D eigenvalue weighted by Gasteiger charge is 2.25. The van der Waals surface area contributed by atoms with Gasteiger partial charge in [-0.25, -0.2) is 0 Å². The lowest BCUT2D eigenvalue weighted by atomic mass is 9.93. The Bertz CT molecular complexity index is 554. The number of piperidine rings is 1. The second kappa shape index (κ2) is 7.14. The molecular weight excluding hydrogens is 302 g/mol. The van der Waals surface area contributed by atoms with Crippen molar-refractivity contribution in [1.82, 2.24) is 4.90 Å². The van der Waals surface area contributed by atoms with E-state index in [1.54, 1.807) is 11.8 Å². The van der Waals surface area contributed by atoms with Crippen LogP contribution in [0.3, 0.4) is 0 Å². The Balaban J connectivity index is 1.87. The molecule has 1 aromatic rings. The second-order valence-corrected chi connectivity index (χ2v) is 6.30. The first-order chi connectivity index (χ1) is 10.4. The van der Waals surface area contributed by atoms with Gasteiger partial charge in [0.25, 0.3) is 5.91 Å². The van der Waals surface area contributed by atoms with Crippen LogP contribution in [0.15, 0.2) is 12.1 Å². The molecule has 1 aromatic carbocycles. The van der Waals surface area contributed by atoms with E-state index in [-0.39, 0.29) is 24.2 Å². The monoisotopic (exact) mass is 323 g/mol. The molecule has 4 nitrogen and oxygen atoms in total. The van der Waals surface area contributed by atoms with Crippen molar-refractivity contribution in [3.63, 3.8) is 0 Å². The quantitative estimate of drug-likeness (QED) is 0.855. The fourth-order valence-electron chi connectivity index (χ4n) is 2.76. The van der Waals surface area contributed by atoms with E-state index in [0.29, 0.717) is 18.8 Å². The van der Waals surface area contributed by atoms with Crippen molar-refractivity contribution in [3.8, 4) is 5.75 Å². The summed E-state index contributed by atoms with van der Waals surface area (Å²) < 4.78 is 5.60. The Morgan fingerprint density at radius 2 is 1.77 bits per heavy atom. The average Bonchev–Trinajstić information content (AvgIpc) is 2.50. The molecule has 0 unspecified atom stereocenters. The lowest BCUT2D eigenvalue weighted by molar-refractivity contribution is -0.136. The van der Waals surface area contributed by atoms with Crippen LogP contribution in [0.2, 0.25) is 5.02 Å². The number of amides is 1. The Hall–Kier alpha value is -1.55. The molecule has 0 bridgehead atoms. The number of rotatable bonds is 4. The van der Waals surface area contributed by atoms with E-state index >= 15 is 0 Å². The highest BCUT2D eigenvalue weighted by molar-refractivity contribution is 6.32. The number of aryl methyl sites for hydroxylation is 2. The highest BCUT2D eigenvalue weighted by Crippen LogP contribution is 2.26. The molecule has 0 radical (unpaired) electrons. The number of benzene rings is 1. The first-order valence-corrected chi connectivity index (χ1v) is 7.94. The van der Waals surface area contributed by atoms with Gasteiger partial charge >= 0.3 is 0 Å². The summed E-state index contributed by atoms with van der Waals surface area (Å²) in [6.45, 7) is 6.73. The molecule has 0 N–H and O–H groups in total. The van der Waals surface area contributed by atoms with Crippen molar-refractivity contribution in [1.29, 1.82) is 0 Å². The fourth-order valence-corrected chi connectivity index (χ4v) is 2.87. The van der Waals surface area contributed by atoms with Crippen molar-refractivity contribution in [2.45, 2.75) is 33.6 Å². The number of hydrogen-bond acceptors (Lipinski definition) is 3. The van der Waals surface area contributed by atoms with Gasteiger partial charge in [0.15, 0.2) is 6.61 Å². The first kappa shape index (κ1) is 16.8. The average molecular weight is 324 g/mol. The van der Waals surface area contributed by atoms with Crippen LogP contribution in [0.5, 0.6) is 5.75 Å². The summed E-state index contributed by atoms with van der Waals surface area (Å²) in [5, 5.41) is 0.727. The molecule has 1 amide bonds. The van der Waals surface area contributed by atoms with Crippen LogP contribution in [-0.2, 0) is 9.59 Å². The summed E-state index contributed by atoms with van der Waals surface area (Å²) in [5.74, 6) is 0.945. The molecule has 1 heterocycles. The summed E-state index contributed by atoms with van der Waals surface area (Å²) in [6, 6.07) is 3.68. The van der Waals surface area contributed by atoms with E-state index in [9.17, 15) is 9.59 Å². The van der Waals surface area contributed by atoms with Crippen molar-refractivity contribution in [2.24, 2.45) is 5.92 Å². The molecule has 2 rings (SSSR count). The summed E-state index contributed by atoms with van der Waals surface area (Å²) in [6.07, 6.45) is 1.50. The molecule has 0 atom stereocenters. The van der Waals surface area contributed by atoms with Crippen LogP contribution in [0, 0.1) is 19.8 Å². The number of carbonyl (C=O) groups is 2. The van der Waals surface area contributed by atoms with E-state index in [4.69, 9.17) is 16.3 Å². The van der Waals surface area contributed by atoms with Gasteiger partial charge in [-0.1, -0.05) is 11.6 Å². The molecule has 22 heavy (non-hydrogen) atoms. The maximum Gasteiger partial charge on any atom is 0.260 e. The predicted molar refractivity (Wildman–Crippen MR) is 86.4 cm³/mol. The molecule has 5 heteroatoms. The standard InChI is InChI=1S/C17H22ClNO3/c1-11-8-15(9-12(2)17(11)18)22-10-16(21)19-6-4-14(5-7-19)13(3)20/h8-9,14H,4-7,10H2,1-3H3. The van der Waals surface area contributed by atoms with Crippen LogP contribution < -0.4 is 4.74 Å². The Morgan fingerprint density at radius 3 is 2.27 bits per heavy atom. The molecule has 120 valence electrons. The number of carbonyl (C=O) groups excluding carboxylic acids is 2. The zero-order chi connectivity index (χ0) is 16.3. The molecule has 0 saturated carbocycles. The van der Waals surface area contributed by atoms with Gasteiger partial charge in [0.05, 0.1) is 0 Å². The summed E-state index contributed by atoms with van der Waals surface area (Å²) in [7, 11) is 0. The van der Waals surface area contributed by atoms with Crippen LogP contribution in [0.25, 0.3) is 0 Å². The van der Waals surface area contributed by atoms with Crippen molar-refractivity contribution >= 4 is 23.3 Å². The van der Waals surface area contributed by atoms with Gasteiger partial charge in [-0.15, -0.1) is 0 Å². The van der Waals surface area contributed by atoms with Crippen LogP contribution in [-0.4, -0.2) is 36.3 Å². The number of hydrogen-bond donors (Lipinski definition) is 0. The van der Waals surface area contributed by atoms with Gasteiger partial charge in [0.2, 0.25) is 0 Å². The predicted octanol–water partition coefficient (Wildman–Crippen LogP) is 3.16. The number of likely N-dealkylation sites (tertiary alicyclic amines) is 1. The molecule has 1 aliphatic heterocycles. The number of Topliss-reactive ketones (excluding diaryl/α,β-unsaturated/α-hetero) is 1. The minimum atomic E-state index is -0.0349. The molecule has 1 fully saturated rings. The Kier molecular flexibility index (Phi) is 5.46. The number of ether oxygens (including phenoxy) is 1. The maximum atomic E-state index is 12.2. The maximum absolute atomic E-state index is 12.2. The summed E-state index contributed by atoms with van der Waals surface area (Å²) >= 11 is 6.12. The Labute approximate surface area is 136 Å². The van der Waals surface area contributed by atoms with E-state index in [1.165, 1.54) is 0 Å². The summed E-state index contributed by atoms with van der Waals surface area (Å²) in [4.78, 5) is 25.3. The van der Waals surface area contributed by atoms with Gasteiger partial charge in [-0.2, -0.15) is 0 Å². The third-order valence-corrected chi connectivity index (χ3v) is 4.79. The zero-order valence-corrected chi connectivity index (χ0v) is 14.1. The molecule has 1 saturated heterocycles. The van der Waals surface area contributed by atoms with Crippen molar-refractivity contribution in [3.05, 3.63) is 28.3 Å². The minimum Gasteiger partial charge on any atom is -0.484 e. The Morgan fingerprint density at radius 1 is 1.23 bits per heavy atom. The summed E-state index contributed by atoms with van der Waals surface area (Å²) in [5.41, 5.74) is 1.87. The SMILES string of the molecule is CC(=O)C1CCN(C(=O)COc2cc(C)c(Cl)c(C)c2)CC1. The topological polar surface area (TPSA) is 46.6 Å². The van der Waals surface area contributed by atoms with Gasteiger partial charge in [0, 0.05) is 24.0 Å². The fraction of sp³-hybridized carbons (Fsp3) is 0.529. The number of halogens is 1. The number of ketones is 1. The molecule has 1 aliphatic rings.